The SMILES string of the molecule is C[C@@H]1CCCN(c2nc3c(c(=O)[nH]2)CCN(Cc2cccnc2)C3)C1. The van der Waals surface area contributed by atoms with Crippen molar-refractivity contribution in [3.05, 3.63) is 51.7 Å². The number of nitrogens with one attached hydrogen (secondary N) is 1. The molecule has 0 aliphatic carbocycles. The first-order chi connectivity index (χ1) is 12.2. The molecule has 1 N–H and O–H groups in total. The van der Waals surface area contributed by atoms with Gasteiger partial charge < -0.3 is 4.90 Å². The van der Waals surface area contributed by atoms with Gasteiger partial charge in [0.05, 0.1) is 5.69 Å². The molecule has 0 radical (unpaired) electrons. The summed E-state index contributed by atoms with van der Waals surface area (Å²) in [6, 6.07) is 4.06. The van der Waals surface area contributed by atoms with E-state index in [9.17, 15) is 4.79 Å². The molecule has 25 heavy (non-hydrogen) atoms. The van der Waals surface area contributed by atoms with Crippen LogP contribution in [0.5, 0.6) is 0 Å². The monoisotopic (exact) mass is 339 g/mol. The Balaban J connectivity index is 1.55. The fourth-order valence-electron chi connectivity index (χ4n) is 3.90. The Kier molecular flexibility index (Phi) is 4.53. The number of fused-ring (bicyclic) bond motifs is 1. The van der Waals surface area contributed by atoms with Gasteiger partial charge in [0.15, 0.2) is 0 Å². The van der Waals surface area contributed by atoms with Crippen LogP contribution in [-0.4, -0.2) is 39.5 Å². The lowest BCUT2D eigenvalue weighted by atomic mass is 10.0. The number of piperidine rings is 1. The Bertz CT molecular complexity index is 788. The third-order valence-corrected chi connectivity index (χ3v) is 5.23. The van der Waals surface area contributed by atoms with Gasteiger partial charge in [0.1, 0.15) is 0 Å². The van der Waals surface area contributed by atoms with Gasteiger partial charge in [-0.05, 0) is 36.8 Å². The highest BCUT2D eigenvalue weighted by molar-refractivity contribution is 5.35. The van der Waals surface area contributed by atoms with E-state index in [4.69, 9.17) is 4.98 Å². The number of aromatic nitrogens is 3. The molecule has 0 unspecified atom stereocenters. The quantitative estimate of drug-likeness (QED) is 0.926. The molecule has 4 heterocycles. The second-order valence-electron chi connectivity index (χ2n) is 7.33. The van der Waals surface area contributed by atoms with Crippen LogP contribution in [0.4, 0.5) is 5.95 Å². The summed E-state index contributed by atoms with van der Waals surface area (Å²) in [7, 11) is 0. The Morgan fingerprint density at radius 3 is 3.08 bits per heavy atom. The summed E-state index contributed by atoms with van der Waals surface area (Å²) >= 11 is 0. The van der Waals surface area contributed by atoms with Crippen LogP contribution in [0.3, 0.4) is 0 Å². The molecule has 2 aromatic heterocycles. The minimum atomic E-state index is 0.0410. The third kappa shape index (κ3) is 3.58. The zero-order valence-electron chi connectivity index (χ0n) is 14.7. The van der Waals surface area contributed by atoms with Crippen molar-refractivity contribution in [1.82, 2.24) is 19.9 Å². The smallest absolute Gasteiger partial charge is 0.255 e. The molecule has 6 nitrogen and oxygen atoms in total. The second-order valence-corrected chi connectivity index (χ2v) is 7.33. The molecule has 0 saturated carbocycles. The second kappa shape index (κ2) is 6.96. The maximum absolute atomic E-state index is 12.5. The predicted molar refractivity (Wildman–Crippen MR) is 97.5 cm³/mol. The van der Waals surface area contributed by atoms with Crippen molar-refractivity contribution in [2.24, 2.45) is 5.92 Å². The van der Waals surface area contributed by atoms with Gasteiger partial charge in [-0.1, -0.05) is 13.0 Å². The summed E-state index contributed by atoms with van der Waals surface area (Å²) < 4.78 is 0. The molecule has 1 fully saturated rings. The normalized spacial score (nSPS) is 21.2. The lowest BCUT2D eigenvalue weighted by Crippen LogP contribution is -2.39. The van der Waals surface area contributed by atoms with E-state index in [2.05, 4.69) is 32.8 Å². The molecule has 2 aliphatic heterocycles. The Hall–Kier alpha value is -2.21. The Morgan fingerprint density at radius 1 is 1.36 bits per heavy atom. The summed E-state index contributed by atoms with van der Waals surface area (Å²) in [6.07, 6.45) is 6.87. The zero-order chi connectivity index (χ0) is 17.2. The average molecular weight is 339 g/mol. The fraction of sp³-hybridized carbons (Fsp3) is 0.526. The number of rotatable bonds is 3. The van der Waals surface area contributed by atoms with Crippen molar-refractivity contribution < 1.29 is 0 Å². The summed E-state index contributed by atoms with van der Waals surface area (Å²) in [6.45, 7) is 6.67. The molecular weight excluding hydrogens is 314 g/mol. The number of aromatic amines is 1. The van der Waals surface area contributed by atoms with Crippen LogP contribution in [0.25, 0.3) is 0 Å². The number of H-pyrrole nitrogens is 1. The highest BCUT2D eigenvalue weighted by Gasteiger charge is 2.24. The number of hydrogen-bond acceptors (Lipinski definition) is 5. The first kappa shape index (κ1) is 16.3. The van der Waals surface area contributed by atoms with Gasteiger partial charge in [0, 0.05) is 50.7 Å². The van der Waals surface area contributed by atoms with Crippen LogP contribution < -0.4 is 10.5 Å². The van der Waals surface area contributed by atoms with Gasteiger partial charge in [-0.2, -0.15) is 0 Å². The topological polar surface area (TPSA) is 65.1 Å². The molecule has 1 saturated heterocycles. The third-order valence-electron chi connectivity index (χ3n) is 5.23. The maximum atomic E-state index is 12.5. The lowest BCUT2D eigenvalue weighted by molar-refractivity contribution is 0.240. The number of hydrogen-bond donors (Lipinski definition) is 1. The lowest BCUT2D eigenvalue weighted by Gasteiger charge is -2.33. The van der Waals surface area contributed by atoms with E-state index < -0.39 is 0 Å². The minimum Gasteiger partial charge on any atom is -0.342 e. The standard InChI is InChI=1S/C19H25N5O/c1-14-4-3-8-24(11-14)19-21-17-13-23(9-6-16(17)18(25)22-19)12-15-5-2-7-20-10-15/h2,5,7,10,14H,3-4,6,8-9,11-13H2,1H3,(H,21,22,25)/t14-/m1/s1. The van der Waals surface area contributed by atoms with E-state index in [0.29, 0.717) is 5.92 Å². The number of pyridine rings is 1. The van der Waals surface area contributed by atoms with Crippen molar-refractivity contribution >= 4 is 5.95 Å². The van der Waals surface area contributed by atoms with Gasteiger partial charge in [-0.25, -0.2) is 4.98 Å². The molecule has 0 bridgehead atoms. The van der Waals surface area contributed by atoms with Crippen molar-refractivity contribution in [3.8, 4) is 0 Å². The van der Waals surface area contributed by atoms with Crippen LogP contribution >= 0.6 is 0 Å². The Morgan fingerprint density at radius 2 is 2.28 bits per heavy atom. The van der Waals surface area contributed by atoms with Crippen molar-refractivity contribution in [2.75, 3.05) is 24.5 Å². The molecule has 0 amide bonds. The molecule has 2 aliphatic rings. The van der Waals surface area contributed by atoms with Crippen molar-refractivity contribution in [3.63, 3.8) is 0 Å². The highest BCUT2D eigenvalue weighted by atomic mass is 16.1. The first-order valence-corrected chi connectivity index (χ1v) is 9.17. The van der Waals surface area contributed by atoms with Crippen LogP contribution in [0.1, 0.15) is 36.6 Å². The van der Waals surface area contributed by atoms with Gasteiger partial charge in [-0.3, -0.25) is 19.7 Å². The van der Waals surface area contributed by atoms with Crippen LogP contribution in [0.15, 0.2) is 29.3 Å². The van der Waals surface area contributed by atoms with E-state index in [-0.39, 0.29) is 5.56 Å². The van der Waals surface area contributed by atoms with Crippen LogP contribution in [0, 0.1) is 5.92 Å². The van der Waals surface area contributed by atoms with E-state index in [1.165, 1.54) is 12.0 Å². The summed E-state index contributed by atoms with van der Waals surface area (Å²) in [5.41, 5.74) is 3.03. The minimum absolute atomic E-state index is 0.0410. The first-order valence-electron chi connectivity index (χ1n) is 9.17. The molecule has 1 atom stereocenters. The van der Waals surface area contributed by atoms with Gasteiger partial charge >= 0.3 is 0 Å². The van der Waals surface area contributed by atoms with Gasteiger partial charge in [0.25, 0.3) is 5.56 Å². The molecule has 4 rings (SSSR count). The van der Waals surface area contributed by atoms with E-state index in [0.717, 1.165) is 62.8 Å². The van der Waals surface area contributed by atoms with Crippen molar-refractivity contribution in [1.29, 1.82) is 0 Å². The largest absolute Gasteiger partial charge is 0.342 e. The van der Waals surface area contributed by atoms with Gasteiger partial charge in [0.2, 0.25) is 5.95 Å². The zero-order valence-corrected chi connectivity index (χ0v) is 14.7. The summed E-state index contributed by atoms with van der Waals surface area (Å²) in [5.74, 6) is 1.40. The van der Waals surface area contributed by atoms with Crippen LogP contribution in [-0.2, 0) is 19.5 Å². The molecular formula is C19H25N5O. The van der Waals surface area contributed by atoms with Gasteiger partial charge in [-0.15, -0.1) is 0 Å². The van der Waals surface area contributed by atoms with E-state index >= 15 is 0 Å². The molecule has 2 aromatic rings. The average Bonchev–Trinajstić information content (AvgIpc) is 2.62. The molecule has 0 aromatic carbocycles. The molecule has 6 heteroatoms. The fourth-order valence-corrected chi connectivity index (χ4v) is 3.90. The van der Waals surface area contributed by atoms with Crippen LogP contribution in [0.2, 0.25) is 0 Å². The molecule has 132 valence electrons. The Labute approximate surface area is 147 Å². The van der Waals surface area contributed by atoms with E-state index in [1.54, 1.807) is 6.20 Å². The molecule has 0 spiro atoms. The van der Waals surface area contributed by atoms with E-state index in [1.807, 2.05) is 12.3 Å². The predicted octanol–water partition coefficient (Wildman–Crippen LogP) is 1.96. The summed E-state index contributed by atoms with van der Waals surface area (Å²) in [5, 5.41) is 0. The van der Waals surface area contributed by atoms with Crippen molar-refractivity contribution in [2.45, 2.75) is 39.3 Å². The number of nitrogens with zero attached hydrogens (tertiary/aromatic N) is 4. The maximum Gasteiger partial charge on any atom is 0.255 e. The number of anilines is 1. The highest BCUT2D eigenvalue weighted by Crippen LogP contribution is 2.22. The summed E-state index contributed by atoms with van der Waals surface area (Å²) in [4.78, 5) is 29.1.